The van der Waals surface area contributed by atoms with Gasteiger partial charge in [0.2, 0.25) is 0 Å². The molecule has 0 aromatic carbocycles. The molecule has 96 valence electrons. The van der Waals surface area contributed by atoms with Gasteiger partial charge in [-0.05, 0) is 27.2 Å². The molecule has 6 heteroatoms. The fourth-order valence-corrected chi connectivity index (χ4v) is 1.77. The molecule has 16 heavy (non-hydrogen) atoms. The second kappa shape index (κ2) is 6.51. The molecule has 1 N–H and O–H groups in total. The Hall–Kier alpha value is -0.200. The fraction of sp³-hybridized carbons (Fsp3) is 0.800. The van der Waals surface area contributed by atoms with Crippen LogP contribution in [0.1, 0.15) is 27.2 Å². The molecule has 0 aliphatic carbocycles. The van der Waals surface area contributed by atoms with E-state index < -0.39 is 34.7 Å². The predicted molar refractivity (Wildman–Crippen MR) is 60.5 cm³/mol. The van der Waals surface area contributed by atoms with Crippen molar-refractivity contribution in [2.75, 3.05) is 0 Å². The Morgan fingerprint density at radius 1 is 1.38 bits per heavy atom. The van der Waals surface area contributed by atoms with Gasteiger partial charge in [0.15, 0.2) is 6.17 Å². The van der Waals surface area contributed by atoms with E-state index in [0.29, 0.717) is 0 Å². The van der Waals surface area contributed by atoms with Gasteiger partial charge in [0.1, 0.15) is 4.75 Å². The average molecular weight is 257 g/mol. The first-order valence-electron chi connectivity index (χ1n) is 4.91. The third-order valence-corrected chi connectivity index (χ3v) is 3.49. The molecule has 0 aromatic heterocycles. The molecule has 2 unspecified atom stereocenters. The van der Waals surface area contributed by atoms with Gasteiger partial charge >= 0.3 is 0 Å². The first-order chi connectivity index (χ1) is 7.20. The van der Waals surface area contributed by atoms with Gasteiger partial charge in [-0.25, -0.2) is 13.2 Å². The highest BCUT2D eigenvalue weighted by molar-refractivity contribution is 7.90. The Labute approximate surface area is 97.6 Å². The highest BCUT2D eigenvalue weighted by Crippen LogP contribution is 2.19. The number of hydrogen-bond acceptors (Lipinski definition) is 2. The summed E-state index contributed by atoms with van der Waals surface area (Å²) in [7, 11) is 0. The monoisotopic (exact) mass is 257 g/mol. The minimum absolute atomic E-state index is 0.00727. The average Bonchev–Trinajstić information content (AvgIpc) is 2.14. The third-order valence-electron chi connectivity index (χ3n) is 1.86. The third kappa shape index (κ3) is 5.23. The van der Waals surface area contributed by atoms with Crippen LogP contribution in [-0.2, 0) is 11.4 Å². The van der Waals surface area contributed by atoms with Crippen molar-refractivity contribution in [2.45, 2.75) is 50.6 Å². The number of alkyl halides is 3. The summed E-state index contributed by atoms with van der Waals surface area (Å²) in [4.78, 5) is 0. The Bertz CT molecular complexity index is 221. The Kier molecular flexibility index (Phi) is 6.43. The van der Waals surface area contributed by atoms with E-state index in [2.05, 4.69) is 11.3 Å². The topological polar surface area (TPSA) is 35.1 Å². The molecule has 0 aliphatic rings. The van der Waals surface area contributed by atoms with Crippen LogP contribution < -0.4 is 4.72 Å². The maximum absolute atomic E-state index is 13.1. The van der Waals surface area contributed by atoms with Crippen LogP contribution in [0.5, 0.6) is 0 Å². The maximum Gasteiger partial charge on any atom is 0.271 e. The van der Waals surface area contributed by atoms with Crippen LogP contribution in [0.2, 0.25) is 0 Å². The van der Waals surface area contributed by atoms with E-state index in [0.717, 1.165) is 0 Å². The largest absolute Gasteiger partial charge is 0.598 e. The van der Waals surface area contributed by atoms with Crippen LogP contribution in [0, 0.1) is 0 Å². The van der Waals surface area contributed by atoms with E-state index in [-0.39, 0.29) is 6.42 Å². The fourth-order valence-electron chi connectivity index (χ4n) is 0.913. The first-order valence-corrected chi connectivity index (χ1v) is 6.06. The lowest BCUT2D eigenvalue weighted by Gasteiger charge is -2.28. The van der Waals surface area contributed by atoms with Crippen molar-refractivity contribution in [3.05, 3.63) is 12.7 Å². The summed E-state index contributed by atoms with van der Waals surface area (Å²) in [6.45, 7) is 8.39. The van der Waals surface area contributed by atoms with Gasteiger partial charge in [-0.1, -0.05) is 6.08 Å². The first kappa shape index (κ1) is 15.8. The lowest BCUT2D eigenvalue weighted by Crippen LogP contribution is -2.49. The highest BCUT2D eigenvalue weighted by atomic mass is 32.2. The highest BCUT2D eigenvalue weighted by Gasteiger charge is 2.35. The molecule has 0 fully saturated rings. The minimum Gasteiger partial charge on any atom is -0.598 e. The molecule has 0 bridgehead atoms. The standard InChI is InChI=1S/C10H18F3NOS/c1-5-6-7(8(11)9(12)13)14-16(15)10(2,3)4/h5,7-9,14H,1,6H2,2-4H3/t7?,8?,16-/m0/s1. The Balaban J connectivity index is 4.50. The molecule has 0 saturated carbocycles. The summed E-state index contributed by atoms with van der Waals surface area (Å²) in [5.74, 6) is 0. The van der Waals surface area contributed by atoms with Gasteiger partial charge in [-0.15, -0.1) is 11.3 Å². The van der Waals surface area contributed by atoms with Gasteiger partial charge in [0.05, 0.1) is 6.04 Å². The quantitative estimate of drug-likeness (QED) is 0.586. The zero-order valence-electron chi connectivity index (χ0n) is 9.67. The predicted octanol–water partition coefficient (Wildman–Crippen LogP) is 2.59. The van der Waals surface area contributed by atoms with Crippen LogP contribution in [0.3, 0.4) is 0 Å². The second-order valence-electron chi connectivity index (χ2n) is 4.41. The molecule has 0 saturated heterocycles. The Morgan fingerprint density at radius 2 is 1.88 bits per heavy atom. The number of hydrogen-bond donors (Lipinski definition) is 1. The lowest BCUT2D eigenvalue weighted by molar-refractivity contribution is 0.0330. The van der Waals surface area contributed by atoms with E-state index in [9.17, 15) is 17.7 Å². The molecule has 0 spiro atoms. The normalized spacial score (nSPS) is 18.2. The van der Waals surface area contributed by atoms with Gasteiger partial charge in [-0.2, -0.15) is 0 Å². The molecular weight excluding hydrogens is 239 g/mol. The number of nitrogens with one attached hydrogen (secondary N) is 1. The van der Waals surface area contributed by atoms with Crippen molar-refractivity contribution in [2.24, 2.45) is 0 Å². The van der Waals surface area contributed by atoms with Crippen molar-refractivity contribution in [3.8, 4) is 0 Å². The van der Waals surface area contributed by atoms with Gasteiger partial charge in [0, 0.05) is 11.4 Å². The molecule has 0 heterocycles. The zero-order chi connectivity index (χ0) is 12.9. The molecule has 2 nitrogen and oxygen atoms in total. The van der Waals surface area contributed by atoms with Crippen molar-refractivity contribution < 1.29 is 17.7 Å². The summed E-state index contributed by atoms with van der Waals surface area (Å²) in [6, 6.07) is -1.17. The second-order valence-corrected chi connectivity index (χ2v) is 6.41. The van der Waals surface area contributed by atoms with Crippen LogP contribution in [0.15, 0.2) is 12.7 Å². The summed E-state index contributed by atoms with van der Waals surface area (Å²) in [5, 5.41) is 0. The lowest BCUT2D eigenvalue weighted by atomic mass is 10.1. The minimum atomic E-state index is -3.09. The van der Waals surface area contributed by atoms with E-state index >= 15 is 0 Å². The molecule has 0 radical (unpaired) electrons. The van der Waals surface area contributed by atoms with Crippen LogP contribution >= 0.6 is 0 Å². The van der Waals surface area contributed by atoms with Crippen molar-refractivity contribution >= 4 is 11.4 Å². The van der Waals surface area contributed by atoms with Crippen LogP contribution in [0.4, 0.5) is 13.2 Å². The molecule has 0 aromatic rings. The van der Waals surface area contributed by atoms with Crippen LogP contribution in [-0.4, -0.2) is 27.9 Å². The number of rotatable bonds is 6. The molecule has 0 rings (SSSR count). The molecule has 3 atom stereocenters. The summed E-state index contributed by atoms with van der Waals surface area (Å²) >= 11 is -1.58. The zero-order valence-corrected chi connectivity index (χ0v) is 10.5. The SMILES string of the molecule is C=CCC(N[S@@+]([O-])C(C)(C)C)C(F)C(F)F. The van der Waals surface area contributed by atoms with Gasteiger partial charge < -0.3 is 4.55 Å². The Morgan fingerprint density at radius 3 is 2.19 bits per heavy atom. The molecule has 0 aliphatic heterocycles. The number of halogens is 3. The van der Waals surface area contributed by atoms with Crippen molar-refractivity contribution in [3.63, 3.8) is 0 Å². The van der Waals surface area contributed by atoms with Crippen LogP contribution in [0.25, 0.3) is 0 Å². The summed E-state index contributed by atoms with van der Waals surface area (Å²) < 4.78 is 50.9. The van der Waals surface area contributed by atoms with Crippen molar-refractivity contribution in [1.29, 1.82) is 0 Å². The summed E-state index contributed by atoms with van der Waals surface area (Å²) in [6.07, 6.45) is -4.10. The smallest absolute Gasteiger partial charge is 0.271 e. The molecule has 0 amide bonds. The van der Waals surface area contributed by atoms with E-state index in [1.165, 1.54) is 6.08 Å². The summed E-state index contributed by atoms with van der Waals surface area (Å²) in [5.41, 5.74) is 0. The van der Waals surface area contributed by atoms with Crippen molar-refractivity contribution in [1.82, 2.24) is 4.72 Å². The van der Waals surface area contributed by atoms with Gasteiger partial charge in [-0.3, -0.25) is 0 Å². The van der Waals surface area contributed by atoms with Gasteiger partial charge in [0.25, 0.3) is 6.43 Å². The maximum atomic E-state index is 13.1. The van der Waals surface area contributed by atoms with E-state index in [1.807, 2.05) is 0 Å². The molecular formula is C10H18F3NOS. The van der Waals surface area contributed by atoms with E-state index in [4.69, 9.17) is 0 Å². The van der Waals surface area contributed by atoms with E-state index in [1.54, 1.807) is 20.8 Å².